The summed E-state index contributed by atoms with van der Waals surface area (Å²) in [5.41, 5.74) is 2.23. The lowest BCUT2D eigenvalue weighted by Crippen LogP contribution is -2.33. The molecule has 0 heterocycles. The highest BCUT2D eigenvalue weighted by atomic mass is 27.2. The van der Waals surface area contributed by atoms with E-state index in [2.05, 4.69) is 0 Å². The largest absolute Gasteiger partial charge is 0.798 e. The van der Waals surface area contributed by atoms with Crippen molar-refractivity contribution in [2.45, 2.75) is 13.2 Å². The van der Waals surface area contributed by atoms with Gasteiger partial charge in [-0.2, -0.15) is 0 Å². The summed E-state index contributed by atoms with van der Waals surface area (Å²) in [6, 6.07) is 19.9. The molecular formula is C14H16AlNO2. The van der Waals surface area contributed by atoms with Crippen molar-refractivity contribution >= 4 is 15.0 Å². The van der Waals surface area contributed by atoms with Crippen LogP contribution in [0.15, 0.2) is 60.7 Å². The van der Waals surface area contributed by atoms with Crippen molar-refractivity contribution in [3.8, 4) is 0 Å². The van der Waals surface area contributed by atoms with Gasteiger partial charge in [0.15, 0.2) is 0 Å². The maximum absolute atomic E-state index is 5.86. The van der Waals surface area contributed by atoms with Gasteiger partial charge < -0.3 is 12.3 Å². The molecule has 0 aliphatic rings. The molecule has 2 rings (SSSR count). The molecule has 0 bridgehead atoms. The highest BCUT2D eigenvalue weighted by molar-refractivity contribution is 6.40. The molecule has 0 aromatic heterocycles. The Kier molecular flexibility index (Phi) is 5.41. The van der Waals surface area contributed by atoms with Gasteiger partial charge in [-0.15, -0.1) is 0 Å². The third-order valence-corrected chi connectivity index (χ3v) is 3.50. The van der Waals surface area contributed by atoms with E-state index in [1.807, 2.05) is 60.7 Å². The molecule has 0 radical (unpaired) electrons. The predicted octanol–water partition coefficient (Wildman–Crippen LogP) is 2.36. The highest BCUT2D eigenvalue weighted by Crippen LogP contribution is 2.03. The zero-order valence-electron chi connectivity index (χ0n) is 10.2. The number of nitrogens with two attached hydrogens (primary N) is 1. The van der Waals surface area contributed by atoms with Gasteiger partial charge >= 0.3 is 15.0 Å². The summed E-state index contributed by atoms with van der Waals surface area (Å²) in [4.78, 5) is 0. The van der Waals surface area contributed by atoms with Crippen molar-refractivity contribution in [3.63, 3.8) is 0 Å². The zero-order valence-corrected chi connectivity index (χ0v) is 11.3. The van der Waals surface area contributed by atoms with Gasteiger partial charge in [0.05, 0.1) is 0 Å². The van der Waals surface area contributed by atoms with Gasteiger partial charge in [-0.3, -0.25) is 0 Å². The molecule has 0 unspecified atom stereocenters. The minimum Gasteiger partial charge on any atom is -0.461 e. The Morgan fingerprint density at radius 2 is 1.11 bits per heavy atom. The van der Waals surface area contributed by atoms with Crippen LogP contribution in [-0.4, -0.2) is 15.0 Å². The van der Waals surface area contributed by atoms with Crippen molar-refractivity contribution < 1.29 is 7.58 Å². The van der Waals surface area contributed by atoms with Crippen molar-refractivity contribution in [2.24, 2.45) is 4.72 Å². The Hall–Kier alpha value is -1.15. The summed E-state index contributed by atoms with van der Waals surface area (Å²) >= 11 is -2.04. The van der Waals surface area contributed by atoms with E-state index in [1.165, 1.54) is 0 Å². The molecule has 0 atom stereocenters. The molecule has 0 spiro atoms. The van der Waals surface area contributed by atoms with Crippen LogP contribution in [0.5, 0.6) is 0 Å². The average Bonchev–Trinajstić information content (AvgIpc) is 2.45. The molecule has 0 saturated heterocycles. The van der Waals surface area contributed by atoms with Crippen LogP contribution in [0.1, 0.15) is 11.1 Å². The molecule has 2 aromatic carbocycles. The first kappa shape index (κ1) is 13.3. The summed E-state index contributed by atoms with van der Waals surface area (Å²) in [6.07, 6.45) is 0. The van der Waals surface area contributed by atoms with Crippen molar-refractivity contribution in [1.29, 1.82) is 0 Å². The van der Waals surface area contributed by atoms with Gasteiger partial charge in [-0.1, -0.05) is 60.7 Å². The molecule has 4 heteroatoms. The number of benzene rings is 2. The first-order valence-electron chi connectivity index (χ1n) is 5.91. The lowest BCUT2D eigenvalue weighted by Gasteiger charge is -2.09. The summed E-state index contributed by atoms with van der Waals surface area (Å²) in [7, 11) is 0. The van der Waals surface area contributed by atoms with Crippen LogP contribution in [0.2, 0.25) is 0 Å². The SMILES string of the molecule is [NH2][Al]([O]Cc1ccccc1)[O]Cc1ccccc1. The summed E-state index contributed by atoms with van der Waals surface area (Å²) in [5.74, 6) is 0. The highest BCUT2D eigenvalue weighted by Gasteiger charge is 2.20. The quantitative estimate of drug-likeness (QED) is 0.808. The Morgan fingerprint density at radius 3 is 1.50 bits per heavy atom. The number of hydrogen-bond acceptors (Lipinski definition) is 3. The van der Waals surface area contributed by atoms with Crippen molar-refractivity contribution in [1.82, 2.24) is 0 Å². The van der Waals surface area contributed by atoms with Gasteiger partial charge in [0, 0.05) is 13.2 Å². The number of rotatable bonds is 6. The summed E-state index contributed by atoms with van der Waals surface area (Å²) in [5, 5.41) is 0. The smallest absolute Gasteiger partial charge is 0.461 e. The van der Waals surface area contributed by atoms with E-state index in [0.717, 1.165) is 11.1 Å². The van der Waals surface area contributed by atoms with E-state index in [1.54, 1.807) is 0 Å². The van der Waals surface area contributed by atoms with E-state index in [4.69, 9.17) is 12.3 Å². The van der Waals surface area contributed by atoms with Crippen molar-refractivity contribution in [2.75, 3.05) is 0 Å². The van der Waals surface area contributed by atoms with E-state index in [0.29, 0.717) is 13.2 Å². The Balaban J connectivity index is 1.71. The van der Waals surface area contributed by atoms with Crippen LogP contribution in [0.3, 0.4) is 0 Å². The van der Waals surface area contributed by atoms with Crippen LogP contribution in [0.4, 0.5) is 0 Å². The predicted molar refractivity (Wildman–Crippen MR) is 72.4 cm³/mol. The molecule has 0 aliphatic heterocycles. The molecule has 0 amide bonds. The van der Waals surface area contributed by atoms with E-state index in [9.17, 15) is 0 Å². The molecule has 18 heavy (non-hydrogen) atoms. The van der Waals surface area contributed by atoms with E-state index >= 15 is 0 Å². The molecule has 2 aromatic rings. The minimum absolute atomic E-state index is 0.517. The third-order valence-electron chi connectivity index (χ3n) is 2.51. The second-order valence-electron chi connectivity index (χ2n) is 3.96. The Bertz CT molecular complexity index is 406. The minimum atomic E-state index is -2.04. The third kappa shape index (κ3) is 4.61. The maximum Gasteiger partial charge on any atom is 0.798 e. The second-order valence-corrected chi connectivity index (χ2v) is 5.37. The number of hydrogen-bond donors (Lipinski definition) is 1. The molecule has 2 N–H and O–H groups in total. The van der Waals surface area contributed by atoms with Crippen LogP contribution in [0, 0.1) is 0 Å². The lowest BCUT2D eigenvalue weighted by atomic mass is 10.2. The monoisotopic (exact) mass is 257 g/mol. The van der Waals surface area contributed by atoms with Crippen LogP contribution < -0.4 is 4.72 Å². The van der Waals surface area contributed by atoms with Crippen LogP contribution in [0.25, 0.3) is 0 Å². The lowest BCUT2D eigenvalue weighted by molar-refractivity contribution is 0.182. The fraction of sp³-hybridized carbons (Fsp3) is 0.143. The molecular weight excluding hydrogens is 241 g/mol. The normalized spacial score (nSPS) is 10.3. The second kappa shape index (κ2) is 7.32. The van der Waals surface area contributed by atoms with Gasteiger partial charge in [0.25, 0.3) is 0 Å². The Labute approximate surface area is 112 Å². The molecule has 92 valence electrons. The summed E-state index contributed by atoms with van der Waals surface area (Å²) in [6.45, 7) is 1.03. The standard InChI is InChI=1S/2C7H7O.Al.H2N/c2*8-6-7-4-2-1-3-5-7;;/h2*1-5H,6H2;;1H2/q2*-1;+3;-1. The maximum atomic E-state index is 5.86. The Morgan fingerprint density at radius 1 is 0.722 bits per heavy atom. The first-order chi connectivity index (χ1) is 8.84. The van der Waals surface area contributed by atoms with Gasteiger partial charge in [0.2, 0.25) is 0 Å². The fourth-order valence-corrected chi connectivity index (χ4v) is 2.36. The summed E-state index contributed by atoms with van der Waals surface area (Å²) < 4.78 is 17.0. The average molecular weight is 257 g/mol. The molecule has 0 fully saturated rings. The molecule has 3 nitrogen and oxygen atoms in total. The van der Waals surface area contributed by atoms with Gasteiger partial charge in [-0.25, -0.2) is 0 Å². The first-order valence-corrected chi connectivity index (χ1v) is 7.52. The van der Waals surface area contributed by atoms with E-state index < -0.39 is 15.0 Å². The zero-order chi connectivity index (χ0) is 12.6. The fourth-order valence-electron chi connectivity index (χ4n) is 1.55. The molecule has 0 aliphatic carbocycles. The van der Waals surface area contributed by atoms with E-state index in [-0.39, 0.29) is 0 Å². The van der Waals surface area contributed by atoms with Gasteiger partial charge in [0.1, 0.15) is 0 Å². The molecule has 0 saturated carbocycles. The van der Waals surface area contributed by atoms with Crippen LogP contribution in [-0.2, 0) is 20.8 Å². The van der Waals surface area contributed by atoms with Crippen molar-refractivity contribution in [3.05, 3.63) is 71.8 Å². The topological polar surface area (TPSA) is 44.5 Å². The van der Waals surface area contributed by atoms with Gasteiger partial charge in [-0.05, 0) is 11.1 Å². The van der Waals surface area contributed by atoms with Crippen LogP contribution >= 0.6 is 0 Å².